The van der Waals surface area contributed by atoms with Gasteiger partial charge in [0, 0.05) is 12.6 Å². The lowest BCUT2D eigenvalue weighted by Gasteiger charge is -2.21. The molecule has 0 radical (unpaired) electrons. The summed E-state index contributed by atoms with van der Waals surface area (Å²) in [6, 6.07) is 4.79. The summed E-state index contributed by atoms with van der Waals surface area (Å²) in [7, 11) is 0. The Kier molecular flexibility index (Phi) is 3.97. The first-order valence-electron chi connectivity index (χ1n) is 7.68. The van der Waals surface area contributed by atoms with E-state index in [-0.39, 0.29) is 0 Å². The van der Waals surface area contributed by atoms with Gasteiger partial charge < -0.3 is 15.8 Å². The third-order valence-corrected chi connectivity index (χ3v) is 4.36. The summed E-state index contributed by atoms with van der Waals surface area (Å²) < 4.78 is 6.27. The van der Waals surface area contributed by atoms with Gasteiger partial charge in [-0.1, -0.05) is 6.07 Å². The van der Waals surface area contributed by atoms with E-state index in [4.69, 9.17) is 10.5 Å². The van der Waals surface area contributed by atoms with Gasteiger partial charge in [-0.3, -0.25) is 0 Å². The Bertz CT molecular complexity index is 510. The molecule has 0 amide bonds. The van der Waals surface area contributed by atoms with Crippen molar-refractivity contribution >= 4 is 6.08 Å². The van der Waals surface area contributed by atoms with Crippen LogP contribution in [-0.2, 0) is 6.54 Å². The van der Waals surface area contributed by atoms with Crippen molar-refractivity contribution in [1.29, 1.82) is 0 Å². The van der Waals surface area contributed by atoms with Crippen molar-refractivity contribution in [2.45, 2.75) is 57.7 Å². The summed E-state index contributed by atoms with van der Waals surface area (Å²) in [6.07, 6.45) is 10.1. The molecule has 1 aromatic carbocycles. The molecule has 2 atom stereocenters. The normalized spacial score (nSPS) is 25.5. The van der Waals surface area contributed by atoms with Gasteiger partial charge in [0.1, 0.15) is 5.75 Å². The number of nitrogens with two attached hydrogens (primary N) is 1. The molecule has 1 heterocycles. The summed E-state index contributed by atoms with van der Waals surface area (Å²) in [5.74, 6) is 1.04. The predicted octanol–water partition coefficient (Wildman–Crippen LogP) is 3.11. The fraction of sp³-hybridized carbons (Fsp3) is 0.529. The molecule has 0 saturated heterocycles. The molecule has 1 saturated carbocycles. The quantitative estimate of drug-likeness (QED) is 0.813. The fourth-order valence-corrected chi connectivity index (χ4v) is 3.11. The third kappa shape index (κ3) is 2.98. The smallest absolute Gasteiger partial charge is 0.123 e. The maximum atomic E-state index is 6.27. The van der Waals surface area contributed by atoms with Crippen LogP contribution in [0.4, 0.5) is 0 Å². The molecular formula is C17H24N2O. The Hall–Kier alpha value is -1.48. The van der Waals surface area contributed by atoms with Crippen LogP contribution in [0.1, 0.15) is 48.8 Å². The van der Waals surface area contributed by atoms with Gasteiger partial charge in [-0.05, 0) is 74.1 Å². The van der Waals surface area contributed by atoms with E-state index in [0.29, 0.717) is 12.1 Å². The van der Waals surface area contributed by atoms with Crippen LogP contribution in [0.3, 0.4) is 0 Å². The first kappa shape index (κ1) is 13.5. The number of fused-ring (bicyclic) bond motifs is 1. The van der Waals surface area contributed by atoms with E-state index in [0.717, 1.165) is 38.0 Å². The number of rotatable bonds is 2. The number of benzene rings is 1. The van der Waals surface area contributed by atoms with Gasteiger partial charge in [0.05, 0.1) is 6.10 Å². The van der Waals surface area contributed by atoms with E-state index < -0.39 is 0 Å². The lowest BCUT2D eigenvalue weighted by atomic mass is 10.0. The van der Waals surface area contributed by atoms with Crippen molar-refractivity contribution in [2.75, 3.05) is 0 Å². The maximum Gasteiger partial charge on any atom is 0.123 e. The van der Waals surface area contributed by atoms with Crippen LogP contribution in [0.25, 0.3) is 6.08 Å². The Morgan fingerprint density at radius 3 is 3.00 bits per heavy atom. The molecule has 3 heteroatoms. The summed E-state index contributed by atoms with van der Waals surface area (Å²) in [4.78, 5) is 0. The summed E-state index contributed by atoms with van der Waals surface area (Å²) in [6.45, 7) is 3.04. The van der Waals surface area contributed by atoms with Crippen molar-refractivity contribution in [1.82, 2.24) is 5.32 Å². The SMILES string of the molecule is Cc1cc2c(cc1O[C@H]1CCC[C@@H](N)CC1)C=CNC2. The van der Waals surface area contributed by atoms with Gasteiger partial charge in [0.2, 0.25) is 0 Å². The van der Waals surface area contributed by atoms with Crippen LogP contribution in [0.5, 0.6) is 5.75 Å². The van der Waals surface area contributed by atoms with E-state index in [1.54, 1.807) is 0 Å². The standard InChI is InChI=1S/C17H24N2O/c1-12-9-14-11-19-8-7-13(14)10-17(12)20-16-4-2-3-15(18)5-6-16/h7-10,15-16,19H,2-6,11,18H2,1H3/t15-,16+/m1/s1. The van der Waals surface area contributed by atoms with Crippen LogP contribution < -0.4 is 15.8 Å². The van der Waals surface area contributed by atoms with Crippen LogP contribution in [0.15, 0.2) is 18.3 Å². The topological polar surface area (TPSA) is 47.3 Å². The van der Waals surface area contributed by atoms with E-state index in [9.17, 15) is 0 Å². The highest BCUT2D eigenvalue weighted by molar-refractivity contribution is 5.59. The van der Waals surface area contributed by atoms with Crippen molar-refractivity contribution in [3.05, 3.63) is 35.0 Å². The van der Waals surface area contributed by atoms with Gasteiger partial charge in [-0.15, -0.1) is 0 Å². The zero-order chi connectivity index (χ0) is 13.9. The second-order valence-corrected chi connectivity index (χ2v) is 6.04. The largest absolute Gasteiger partial charge is 0.490 e. The molecule has 0 spiro atoms. The van der Waals surface area contributed by atoms with E-state index in [1.807, 2.05) is 6.20 Å². The number of aryl methyl sites for hydroxylation is 1. The number of hydrogen-bond donors (Lipinski definition) is 2. The lowest BCUT2D eigenvalue weighted by Crippen LogP contribution is -2.20. The summed E-state index contributed by atoms with van der Waals surface area (Å²) in [5, 5.41) is 3.25. The number of nitrogens with one attached hydrogen (secondary N) is 1. The van der Waals surface area contributed by atoms with Gasteiger partial charge in [-0.2, -0.15) is 0 Å². The highest BCUT2D eigenvalue weighted by Gasteiger charge is 2.19. The molecule has 3 nitrogen and oxygen atoms in total. The minimum Gasteiger partial charge on any atom is -0.490 e. The lowest BCUT2D eigenvalue weighted by molar-refractivity contribution is 0.182. The van der Waals surface area contributed by atoms with E-state index in [1.165, 1.54) is 23.1 Å². The van der Waals surface area contributed by atoms with Gasteiger partial charge >= 0.3 is 0 Å². The van der Waals surface area contributed by atoms with Crippen LogP contribution in [0, 0.1) is 6.92 Å². The highest BCUT2D eigenvalue weighted by Crippen LogP contribution is 2.29. The molecule has 3 rings (SSSR count). The molecule has 0 unspecified atom stereocenters. The van der Waals surface area contributed by atoms with Gasteiger partial charge in [0.15, 0.2) is 0 Å². The maximum absolute atomic E-state index is 6.27. The summed E-state index contributed by atoms with van der Waals surface area (Å²) >= 11 is 0. The predicted molar refractivity (Wildman–Crippen MR) is 82.5 cm³/mol. The van der Waals surface area contributed by atoms with Crippen molar-refractivity contribution in [3.8, 4) is 5.75 Å². The van der Waals surface area contributed by atoms with Crippen molar-refractivity contribution in [2.24, 2.45) is 5.73 Å². The third-order valence-electron chi connectivity index (χ3n) is 4.36. The first-order valence-corrected chi connectivity index (χ1v) is 7.68. The molecule has 108 valence electrons. The average Bonchev–Trinajstić information content (AvgIpc) is 2.65. The van der Waals surface area contributed by atoms with Crippen LogP contribution >= 0.6 is 0 Å². The molecule has 1 aliphatic carbocycles. The minimum absolute atomic E-state index is 0.325. The Morgan fingerprint density at radius 1 is 1.20 bits per heavy atom. The van der Waals surface area contributed by atoms with Crippen molar-refractivity contribution < 1.29 is 4.74 Å². The molecule has 1 aliphatic heterocycles. The Labute approximate surface area is 121 Å². The Morgan fingerprint density at radius 2 is 2.10 bits per heavy atom. The second kappa shape index (κ2) is 5.88. The monoisotopic (exact) mass is 272 g/mol. The average molecular weight is 272 g/mol. The fourth-order valence-electron chi connectivity index (χ4n) is 3.11. The highest BCUT2D eigenvalue weighted by atomic mass is 16.5. The molecule has 20 heavy (non-hydrogen) atoms. The summed E-state index contributed by atoms with van der Waals surface area (Å²) in [5.41, 5.74) is 9.89. The zero-order valence-electron chi connectivity index (χ0n) is 12.2. The van der Waals surface area contributed by atoms with Crippen LogP contribution in [0.2, 0.25) is 0 Å². The number of hydrogen-bond acceptors (Lipinski definition) is 3. The zero-order valence-corrected chi connectivity index (χ0v) is 12.2. The number of ether oxygens (including phenoxy) is 1. The van der Waals surface area contributed by atoms with Gasteiger partial charge in [0.25, 0.3) is 0 Å². The molecule has 1 fully saturated rings. The molecule has 0 bridgehead atoms. The molecular weight excluding hydrogens is 248 g/mol. The van der Waals surface area contributed by atoms with E-state index in [2.05, 4.69) is 30.4 Å². The molecule has 0 aromatic heterocycles. The van der Waals surface area contributed by atoms with E-state index >= 15 is 0 Å². The Balaban J connectivity index is 1.75. The second-order valence-electron chi connectivity index (χ2n) is 6.04. The first-order chi connectivity index (χ1) is 9.72. The molecule has 3 N–H and O–H groups in total. The van der Waals surface area contributed by atoms with Gasteiger partial charge in [-0.25, -0.2) is 0 Å². The molecule has 1 aromatic rings. The minimum atomic E-state index is 0.325. The van der Waals surface area contributed by atoms with Crippen LogP contribution in [-0.4, -0.2) is 12.1 Å². The van der Waals surface area contributed by atoms with Crippen molar-refractivity contribution in [3.63, 3.8) is 0 Å². The molecule has 2 aliphatic rings.